The molecule has 0 bridgehead atoms. The molecule has 0 atom stereocenters. The van der Waals surface area contributed by atoms with Gasteiger partial charge < -0.3 is 20.3 Å². The molecule has 0 aromatic rings. The molecule has 0 aliphatic carbocycles. The molecule has 0 radical (unpaired) electrons. The van der Waals surface area contributed by atoms with E-state index in [-0.39, 0.29) is 6.61 Å². The van der Waals surface area contributed by atoms with Gasteiger partial charge in [0.05, 0.1) is 39.6 Å². The first-order chi connectivity index (χ1) is 5.41. The minimum absolute atomic E-state index is 0.0822. The smallest absolute Gasteiger partial charge is 0.0762 e. The average Bonchev–Trinajstić information content (AvgIpc) is 2.03. The van der Waals surface area contributed by atoms with Gasteiger partial charge in [-0.1, -0.05) is 0 Å². The Hall–Kier alpha value is -0.160. The molecule has 0 heterocycles. The first-order valence-electron chi connectivity index (χ1n) is 3.97. The van der Waals surface area contributed by atoms with Crippen molar-refractivity contribution >= 4 is 0 Å². The van der Waals surface area contributed by atoms with Crippen LogP contribution in [0.25, 0.3) is 0 Å². The second kappa shape index (κ2) is 9.84. The number of aliphatic hydroxyl groups excluding tert-OH is 1. The van der Waals surface area contributed by atoms with Gasteiger partial charge in [0.25, 0.3) is 0 Å². The zero-order valence-corrected chi connectivity index (χ0v) is 6.92. The molecule has 0 aliphatic rings. The lowest BCUT2D eigenvalue weighted by Crippen LogP contribution is -2.50. The van der Waals surface area contributed by atoms with Crippen molar-refractivity contribution in [3.8, 4) is 0 Å². The van der Waals surface area contributed by atoms with Crippen LogP contribution in [0.15, 0.2) is 0 Å². The number of ether oxygens (including phenoxy) is 2. The van der Waals surface area contributed by atoms with E-state index in [2.05, 4.69) is 5.73 Å². The SMILES string of the molecule is [NH3+]CCCOCCOCCO. The number of hydrogen-bond donors (Lipinski definition) is 2. The number of aliphatic hydroxyl groups is 1. The van der Waals surface area contributed by atoms with E-state index in [9.17, 15) is 0 Å². The van der Waals surface area contributed by atoms with Gasteiger partial charge in [-0.15, -0.1) is 0 Å². The summed E-state index contributed by atoms with van der Waals surface area (Å²) in [6.07, 6.45) is 1.00. The molecule has 0 saturated heterocycles. The Bertz CT molecular complexity index is 62.7. The number of quaternary nitrogens is 1. The Labute approximate surface area is 67.3 Å². The molecule has 0 aromatic carbocycles. The summed E-state index contributed by atoms with van der Waals surface area (Å²) in [7, 11) is 0. The maximum absolute atomic E-state index is 8.33. The minimum Gasteiger partial charge on any atom is -0.394 e. The van der Waals surface area contributed by atoms with Crippen molar-refractivity contribution in [2.24, 2.45) is 0 Å². The fraction of sp³-hybridized carbons (Fsp3) is 1.00. The third kappa shape index (κ3) is 9.84. The molecule has 4 heteroatoms. The Morgan fingerprint density at radius 2 is 1.64 bits per heavy atom. The minimum atomic E-state index is 0.0822. The van der Waals surface area contributed by atoms with E-state index in [1.54, 1.807) is 0 Å². The van der Waals surface area contributed by atoms with Crippen LogP contribution in [0.3, 0.4) is 0 Å². The second-order valence-electron chi connectivity index (χ2n) is 2.16. The maximum Gasteiger partial charge on any atom is 0.0762 e. The van der Waals surface area contributed by atoms with Crippen LogP contribution in [-0.4, -0.2) is 44.7 Å². The summed E-state index contributed by atoms with van der Waals surface area (Å²) in [4.78, 5) is 0. The van der Waals surface area contributed by atoms with Crippen LogP contribution in [0.5, 0.6) is 0 Å². The van der Waals surface area contributed by atoms with Crippen LogP contribution in [0.1, 0.15) is 6.42 Å². The lowest BCUT2D eigenvalue weighted by Gasteiger charge is -2.02. The highest BCUT2D eigenvalue weighted by atomic mass is 16.5. The van der Waals surface area contributed by atoms with E-state index in [0.29, 0.717) is 19.8 Å². The molecule has 0 saturated carbocycles. The molecular formula is C7H18NO3+. The van der Waals surface area contributed by atoms with Crippen molar-refractivity contribution in [3.63, 3.8) is 0 Å². The third-order valence-corrected chi connectivity index (χ3v) is 1.15. The van der Waals surface area contributed by atoms with Gasteiger partial charge in [0.2, 0.25) is 0 Å². The molecule has 0 amide bonds. The Morgan fingerprint density at radius 3 is 2.18 bits per heavy atom. The van der Waals surface area contributed by atoms with Crippen LogP contribution in [0.4, 0.5) is 0 Å². The molecule has 68 valence electrons. The van der Waals surface area contributed by atoms with Crippen LogP contribution >= 0.6 is 0 Å². The summed E-state index contributed by atoms with van der Waals surface area (Å²) in [5.74, 6) is 0. The highest BCUT2D eigenvalue weighted by Gasteiger charge is 1.88. The summed E-state index contributed by atoms with van der Waals surface area (Å²) < 4.78 is 10.1. The van der Waals surface area contributed by atoms with Crippen LogP contribution in [-0.2, 0) is 9.47 Å². The maximum atomic E-state index is 8.33. The summed E-state index contributed by atoms with van der Waals surface area (Å²) in [5, 5.41) is 8.33. The first-order valence-corrected chi connectivity index (χ1v) is 3.97. The van der Waals surface area contributed by atoms with E-state index in [4.69, 9.17) is 14.6 Å². The average molecular weight is 164 g/mol. The molecule has 11 heavy (non-hydrogen) atoms. The number of hydrogen-bond acceptors (Lipinski definition) is 3. The van der Waals surface area contributed by atoms with Crippen molar-refractivity contribution in [1.82, 2.24) is 0 Å². The third-order valence-electron chi connectivity index (χ3n) is 1.15. The monoisotopic (exact) mass is 164 g/mol. The van der Waals surface area contributed by atoms with Gasteiger partial charge in [-0.3, -0.25) is 0 Å². The van der Waals surface area contributed by atoms with Gasteiger partial charge >= 0.3 is 0 Å². The summed E-state index contributed by atoms with van der Waals surface area (Å²) >= 11 is 0. The topological polar surface area (TPSA) is 66.3 Å². The van der Waals surface area contributed by atoms with E-state index in [1.807, 2.05) is 0 Å². The quantitative estimate of drug-likeness (QED) is 0.436. The molecule has 4 nitrogen and oxygen atoms in total. The van der Waals surface area contributed by atoms with Gasteiger partial charge in [-0.05, 0) is 0 Å². The van der Waals surface area contributed by atoms with Crippen LogP contribution < -0.4 is 5.73 Å². The largest absolute Gasteiger partial charge is 0.394 e. The predicted molar refractivity (Wildman–Crippen MR) is 41.1 cm³/mol. The lowest BCUT2D eigenvalue weighted by atomic mass is 10.5. The molecule has 0 fully saturated rings. The first kappa shape index (κ1) is 10.8. The van der Waals surface area contributed by atoms with Gasteiger partial charge in [0, 0.05) is 6.42 Å². The Balaban J connectivity index is 2.69. The lowest BCUT2D eigenvalue weighted by molar-refractivity contribution is -0.369. The summed E-state index contributed by atoms with van der Waals surface area (Å²) in [5.41, 5.74) is 3.69. The van der Waals surface area contributed by atoms with E-state index < -0.39 is 0 Å². The van der Waals surface area contributed by atoms with Crippen molar-refractivity contribution in [3.05, 3.63) is 0 Å². The van der Waals surface area contributed by atoms with Crippen molar-refractivity contribution in [1.29, 1.82) is 0 Å². The van der Waals surface area contributed by atoms with Crippen molar-refractivity contribution < 1.29 is 20.3 Å². The molecule has 0 aliphatic heterocycles. The zero-order chi connectivity index (χ0) is 8.36. The van der Waals surface area contributed by atoms with E-state index in [1.165, 1.54) is 0 Å². The standard InChI is InChI=1S/C7H17NO3/c8-2-1-4-10-6-7-11-5-3-9/h9H,1-8H2/p+1. The molecule has 0 unspecified atom stereocenters. The highest BCUT2D eigenvalue weighted by Crippen LogP contribution is 1.80. The van der Waals surface area contributed by atoms with Crippen molar-refractivity contribution in [2.75, 3.05) is 39.6 Å². The predicted octanol–water partition coefficient (Wildman–Crippen LogP) is -1.36. The fourth-order valence-electron chi connectivity index (χ4n) is 0.591. The van der Waals surface area contributed by atoms with E-state index >= 15 is 0 Å². The zero-order valence-electron chi connectivity index (χ0n) is 6.92. The fourth-order valence-corrected chi connectivity index (χ4v) is 0.591. The van der Waals surface area contributed by atoms with Gasteiger partial charge in [-0.25, -0.2) is 0 Å². The Kier molecular flexibility index (Phi) is 9.70. The molecule has 0 rings (SSSR count). The highest BCUT2D eigenvalue weighted by molar-refractivity contribution is 4.32. The molecule has 0 spiro atoms. The van der Waals surface area contributed by atoms with Crippen LogP contribution in [0, 0.1) is 0 Å². The van der Waals surface area contributed by atoms with Crippen LogP contribution in [0.2, 0.25) is 0 Å². The Morgan fingerprint density at radius 1 is 1.00 bits per heavy atom. The van der Waals surface area contributed by atoms with E-state index in [0.717, 1.165) is 19.6 Å². The van der Waals surface area contributed by atoms with Gasteiger partial charge in [0.1, 0.15) is 0 Å². The van der Waals surface area contributed by atoms with Gasteiger partial charge in [-0.2, -0.15) is 0 Å². The number of rotatable bonds is 8. The molecule has 0 aromatic heterocycles. The second-order valence-corrected chi connectivity index (χ2v) is 2.16. The van der Waals surface area contributed by atoms with Crippen molar-refractivity contribution in [2.45, 2.75) is 6.42 Å². The normalized spacial score (nSPS) is 10.4. The molecular weight excluding hydrogens is 146 g/mol. The summed E-state index contributed by atoms with van der Waals surface area (Å²) in [6, 6.07) is 0. The summed E-state index contributed by atoms with van der Waals surface area (Å²) in [6.45, 7) is 3.33. The molecule has 4 N–H and O–H groups in total. The van der Waals surface area contributed by atoms with Gasteiger partial charge in [0.15, 0.2) is 0 Å².